The fourth-order valence-electron chi connectivity index (χ4n) is 2.82. The number of rotatable bonds is 7. The van der Waals surface area contributed by atoms with Crippen molar-refractivity contribution in [2.24, 2.45) is 0 Å². The van der Waals surface area contributed by atoms with E-state index < -0.39 is 11.6 Å². The summed E-state index contributed by atoms with van der Waals surface area (Å²) >= 11 is 0. The van der Waals surface area contributed by atoms with Crippen molar-refractivity contribution in [2.45, 2.75) is 32.7 Å². The number of nitrogens with zero attached hydrogens (tertiary/aromatic N) is 1. The van der Waals surface area contributed by atoms with Crippen molar-refractivity contribution in [3.8, 4) is 0 Å². The molecule has 0 unspecified atom stereocenters. The van der Waals surface area contributed by atoms with Gasteiger partial charge in [0, 0.05) is 30.3 Å². The molecule has 1 aromatic carbocycles. The first kappa shape index (κ1) is 17.2. The molecular formula is C19H20F2N2O2. The topological polar surface area (TPSA) is 47.2 Å². The summed E-state index contributed by atoms with van der Waals surface area (Å²) in [5.74, 6) is -1.50. The average Bonchev–Trinajstić information content (AvgIpc) is 3.16. The molecule has 2 aromatic heterocycles. The standard InChI is InChI=1S/C19H20F2N2O2/c1-2-3-4-8-22-19(24)17-11-18-16(7-9-25-18)23(17)12-13-5-6-14(20)10-15(13)21/h5-7,9-11H,2-4,8,12H2,1H3,(H,22,24). The molecule has 0 atom stereocenters. The Hall–Kier alpha value is -2.63. The van der Waals surface area contributed by atoms with Crippen LogP contribution in [-0.4, -0.2) is 17.0 Å². The van der Waals surface area contributed by atoms with Gasteiger partial charge in [-0.05, 0) is 12.5 Å². The Kier molecular flexibility index (Phi) is 5.16. The van der Waals surface area contributed by atoms with Crippen LogP contribution in [0.3, 0.4) is 0 Å². The monoisotopic (exact) mass is 346 g/mol. The zero-order valence-corrected chi connectivity index (χ0v) is 14.0. The van der Waals surface area contributed by atoms with E-state index in [1.165, 1.54) is 18.4 Å². The number of carbonyl (C=O) groups excluding carboxylic acids is 1. The van der Waals surface area contributed by atoms with Crippen LogP contribution in [0.15, 0.2) is 41.0 Å². The lowest BCUT2D eigenvalue weighted by Gasteiger charge is -2.11. The van der Waals surface area contributed by atoms with Crippen LogP contribution in [0.2, 0.25) is 0 Å². The van der Waals surface area contributed by atoms with Gasteiger partial charge in [0.25, 0.3) is 5.91 Å². The summed E-state index contributed by atoms with van der Waals surface area (Å²) in [5, 5.41) is 2.88. The summed E-state index contributed by atoms with van der Waals surface area (Å²) in [5.41, 5.74) is 1.96. The lowest BCUT2D eigenvalue weighted by molar-refractivity contribution is 0.0944. The molecule has 0 saturated carbocycles. The largest absolute Gasteiger partial charge is 0.463 e. The fourth-order valence-corrected chi connectivity index (χ4v) is 2.82. The van der Waals surface area contributed by atoms with E-state index in [0.717, 1.165) is 25.3 Å². The Balaban J connectivity index is 1.87. The molecule has 3 rings (SSSR count). The highest BCUT2D eigenvalue weighted by Gasteiger charge is 2.18. The number of halogens is 2. The molecule has 0 spiro atoms. The Bertz CT molecular complexity index is 883. The minimum absolute atomic E-state index is 0.118. The lowest BCUT2D eigenvalue weighted by Crippen LogP contribution is -2.27. The number of hydrogen-bond donors (Lipinski definition) is 1. The maximum atomic E-state index is 14.0. The Morgan fingerprint density at radius 1 is 1.20 bits per heavy atom. The van der Waals surface area contributed by atoms with Crippen LogP contribution in [0.5, 0.6) is 0 Å². The molecule has 0 radical (unpaired) electrons. The van der Waals surface area contributed by atoms with Crippen molar-refractivity contribution in [1.82, 2.24) is 9.88 Å². The zero-order chi connectivity index (χ0) is 17.8. The van der Waals surface area contributed by atoms with Gasteiger partial charge in [0.1, 0.15) is 17.3 Å². The summed E-state index contributed by atoms with van der Waals surface area (Å²) in [6, 6.07) is 6.81. The Morgan fingerprint density at radius 3 is 2.80 bits per heavy atom. The number of aromatic nitrogens is 1. The average molecular weight is 346 g/mol. The van der Waals surface area contributed by atoms with E-state index in [0.29, 0.717) is 28.9 Å². The number of benzene rings is 1. The molecule has 4 nitrogen and oxygen atoms in total. The first-order chi connectivity index (χ1) is 12.1. The summed E-state index contributed by atoms with van der Waals surface area (Å²) in [4.78, 5) is 12.5. The molecule has 0 fully saturated rings. The third kappa shape index (κ3) is 3.73. The zero-order valence-electron chi connectivity index (χ0n) is 14.0. The molecule has 6 heteroatoms. The van der Waals surface area contributed by atoms with Gasteiger partial charge in [0.15, 0.2) is 5.58 Å². The van der Waals surface area contributed by atoms with Gasteiger partial charge in [0.05, 0.1) is 18.3 Å². The van der Waals surface area contributed by atoms with Gasteiger partial charge in [-0.3, -0.25) is 4.79 Å². The van der Waals surface area contributed by atoms with Crippen molar-refractivity contribution in [1.29, 1.82) is 0 Å². The molecular weight excluding hydrogens is 326 g/mol. The maximum absolute atomic E-state index is 14.0. The minimum Gasteiger partial charge on any atom is -0.463 e. The van der Waals surface area contributed by atoms with Gasteiger partial charge in [-0.15, -0.1) is 0 Å². The second-order valence-electron chi connectivity index (χ2n) is 5.98. The van der Waals surface area contributed by atoms with Gasteiger partial charge < -0.3 is 14.3 Å². The highest BCUT2D eigenvalue weighted by atomic mass is 19.1. The summed E-state index contributed by atoms with van der Waals surface area (Å²) in [6.45, 7) is 2.80. The third-order valence-corrected chi connectivity index (χ3v) is 4.16. The Morgan fingerprint density at radius 2 is 2.04 bits per heavy atom. The quantitative estimate of drug-likeness (QED) is 0.641. The number of nitrogens with one attached hydrogen (secondary N) is 1. The van der Waals surface area contributed by atoms with E-state index in [2.05, 4.69) is 12.2 Å². The second-order valence-corrected chi connectivity index (χ2v) is 5.98. The van der Waals surface area contributed by atoms with Gasteiger partial charge >= 0.3 is 0 Å². The maximum Gasteiger partial charge on any atom is 0.268 e. The number of hydrogen-bond acceptors (Lipinski definition) is 2. The van der Waals surface area contributed by atoms with Crippen LogP contribution >= 0.6 is 0 Å². The summed E-state index contributed by atoms with van der Waals surface area (Å²) in [6.07, 6.45) is 4.55. The van der Waals surface area contributed by atoms with Crippen LogP contribution in [0.25, 0.3) is 11.1 Å². The number of fused-ring (bicyclic) bond motifs is 1. The first-order valence-corrected chi connectivity index (χ1v) is 8.39. The highest BCUT2D eigenvalue weighted by molar-refractivity contribution is 5.97. The lowest BCUT2D eigenvalue weighted by atomic mass is 10.2. The van der Waals surface area contributed by atoms with Crippen molar-refractivity contribution in [3.05, 3.63) is 59.5 Å². The van der Waals surface area contributed by atoms with Crippen molar-refractivity contribution < 1.29 is 18.0 Å². The summed E-state index contributed by atoms with van der Waals surface area (Å²) in [7, 11) is 0. The first-order valence-electron chi connectivity index (χ1n) is 8.39. The van der Waals surface area contributed by atoms with E-state index >= 15 is 0 Å². The number of furan rings is 1. The molecule has 3 aromatic rings. The van der Waals surface area contributed by atoms with E-state index in [-0.39, 0.29) is 12.5 Å². The number of carbonyl (C=O) groups is 1. The molecule has 2 heterocycles. The van der Waals surface area contributed by atoms with Crippen LogP contribution in [-0.2, 0) is 6.54 Å². The van der Waals surface area contributed by atoms with E-state index in [4.69, 9.17) is 4.42 Å². The molecule has 0 aliphatic rings. The van der Waals surface area contributed by atoms with E-state index in [1.807, 2.05) is 0 Å². The summed E-state index contributed by atoms with van der Waals surface area (Å²) < 4.78 is 34.2. The van der Waals surface area contributed by atoms with Crippen molar-refractivity contribution in [2.75, 3.05) is 6.54 Å². The highest BCUT2D eigenvalue weighted by Crippen LogP contribution is 2.23. The van der Waals surface area contributed by atoms with Crippen LogP contribution in [0.4, 0.5) is 8.78 Å². The van der Waals surface area contributed by atoms with Gasteiger partial charge in [-0.1, -0.05) is 25.8 Å². The van der Waals surface area contributed by atoms with Gasteiger partial charge in [-0.25, -0.2) is 8.78 Å². The predicted octanol–water partition coefficient (Wildman–Crippen LogP) is 4.48. The molecule has 0 saturated heterocycles. The van der Waals surface area contributed by atoms with Crippen LogP contribution < -0.4 is 5.32 Å². The SMILES string of the molecule is CCCCCNC(=O)c1cc2occc2n1Cc1ccc(F)cc1F. The predicted molar refractivity (Wildman–Crippen MR) is 91.5 cm³/mol. The van der Waals surface area contributed by atoms with Crippen LogP contribution in [0.1, 0.15) is 42.2 Å². The number of unbranched alkanes of at least 4 members (excludes halogenated alkanes) is 2. The van der Waals surface area contributed by atoms with Crippen molar-refractivity contribution >= 4 is 17.0 Å². The molecule has 1 amide bonds. The Labute approximate surface area is 144 Å². The number of amides is 1. The molecule has 0 aliphatic heterocycles. The van der Waals surface area contributed by atoms with Gasteiger partial charge in [0.2, 0.25) is 0 Å². The molecule has 132 valence electrons. The third-order valence-electron chi connectivity index (χ3n) is 4.16. The van der Waals surface area contributed by atoms with Crippen LogP contribution in [0, 0.1) is 11.6 Å². The smallest absolute Gasteiger partial charge is 0.268 e. The van der Waals surface area contributed by atoms with Gasteiger partial charge in [-0.2, -0.15) is 0 Å². The second kappa shape index (κ2) is 7.51. The van der Waals surface area contributed by atoms with E-state index in [9.17, 15) is 13.6 Å². The minimum atomic E-state index is -0.639. The van der Waals surface area contributed by atoms with Crippen molar-refractivity contribution in [3.63, 3.8) is 0 Å². The normalized spacial score (nSPS) is 11.2. The molecule has 1 N–H and O–H groups in total. The molecule has 25 heavy (non-hydrogen) atoms. The van der Waals surface area contributed by atoms with E-state index in [1.54, 1.807) is 16.7 Å². The molecule has 0 aliphatic carbocycles. The fraction of sp³-hybridized carbons (Fsp3) is 0.316. The molecule has 0 bridgehead atoms.